The van der Waals surface area contributed by atoms with Gasteiger partial charge < -0.3 is 0 Å². The van der Waals surface area contributed by atoms with E-state index in [1.54, 1.807) is 11.8 Å². The van der Waals surface area contributed by atoms with E-state index in [0.29, 0.717) is 11.7 Å². The van der Waals surface area contributed by atoms with Crippen molar-refractivity contribution in [1.29, 1.82) is 0 Å². The molecule has 120 valence electrons. The number of nitrogens with zero attached hydrogens (tertiary/aromatic N) is 2. The van der Waals surface area contributed by atoms with Crippen LogP contribution in [0, 0.1) is 12.8 Å². The smallest absolute Gasteiger partial charge is 0.274 e. The Morgan fingerprint density at radius 1 is 1.22 bits per heavy atom. The van der Waals surface area contributed by atoms with Crippen molar-refractivity contribution in [2.45, 2.75) is 26.3 Å². The summed E-state index contributed by atoms with van der Waals surface area (Å²) >= 11 is 1.70. The van der Waals surface area contributed by atoms with E-state index in [-0.39, 0.29) is 11.4 Å². The number of pyridine rings is 1. The molecule has 1 saturated heterocycles. The number of aryl methyl sites for hydroxylation is 1. The SMILES string of the molecule is Cc1ccc(-c2ccc[n+](C3SCC(=O)N3CC(C)C)c2)cc1. The minimum absolute atomic E-state index is 0.0651. The van der Waals surface area contributed by atoms with Crippen LogP contribution in [0.4, 0.5) is 0 Å². The summed E-state index contributed by atoms with van der Waals surface area (Å²) < 4.78 is 2.16. The number of hydrogen-bond donors (Lipinski definition) is 0. The van der Waals surface area contributed by atoms with Gasteiger partial charge in [0.1, 0.15) is 0 Å². The molecular formula is C19H23N2OS+. The third-order valence-electron chi connectivity index (χ3n) is 3.97. The molecule has 0 saturated carbocycles. The number of carbonyl (C=O) groups is 1. The highest BCUT2D eigenvalue weighted by Gasteiger charge is 2.38. The minimum Gasteiger partial charge on any atom is -0.274 e. The number of rotatable bonds is 4. The van der Waals surface area contributed by atoms with E-state index in [0.717, 1.165) is 6.54 Å². The first-order valence-corrected chi connectivity index (χ1v) is 9.08. The van der Waals surface area contributed by atoms with E-state index >= 15 is 0 Å². The number of hydrogen-bond acceptors (Lipinski definition) is 2. The molecule has 0 radical (unpaired) electrons. The highest BCUT2D eigenvalue weighted by Crippen LogP contribution is 2.31. The van der Waals surface area contributed by atoms with Crippen LogP contribution in [0.1, 0.15) is 24.9 Å². The quantitative estimate of drug-likeness (QED) is 0.801. The van der Waals surface area contributed by atoms with Gasteiger partial charge in [0, 0.05) is 18.2 Å². The van der Waals surface area contributed by atoms with E-state index in [4.69, 9.17) is 0 Å². The van der Waals surface area contributed by atoms with Gasteiger partial charge in [0.05, 0.1) is 5.75 Å². The molecule has 1 unspecified atom stereocenters. The fourth-order valence-electron chi connectivity index (χ4n) is 2.82. The van der Waals surface area contributed by atoms with E-state index in [9.17, 15) is 4.79 Å². The number of benzene rings is 1. The maximum atomic E-state index is 12.2. The molecular weight excluding hydrogens is 304 g/mol. The monoisotopic (exact) mass is 327 g/mol. The maximum absolute atomic E-state index is 12.2. The van der Waals surface area contributed by atoms with Gasteiger partial charge in [-0.15, -0.1) is 0 Å². The molecule has 2 heterocycles. The number of carbonyl (C=O) groups excluding carboxylic acids is 1. The summed E-state index contributed by atoms with van der Waals surface area (Å²) in [6.45, 7) is 7.21. The lowest BCUT2D eigenvalue weighted by Gasteiger charge is -2.21. The molecule has 1 aromatic carbocycles. The molecule has 0 N–H and O–H groups in total. The first kappa shape index (κ1) is 16.1. The predicted octanol–water partition coefficient (Wildman–Crippen LogP) is 3.64. The summed E-state index contributed by atoms with van der Waals surface area (Å²) in [5, 5.41) is 0. The predicted molar refractivity (Wildman–Crippen MR) is 94.9 cm³/mol. The average Bonchev–Trinajstić information content (AvgIpc) is 2.89. The van der Waals surface area contributed by atoms with Crippen LogP contribution in [0.2, 0.25) is 0 Å². The van der Waals surface area contributed by atoms with Crippen molar-refractivity contribution in [3.63, 3.8) is 0 Å². The lowest BCUT2D eigenvalue weighted by atomic mass is 10.1. The van der Waals surface area contributed by atoms with Crippen molar-refractivity contribution in [2.75, 3.05) is 12.3 Å². The van der Waals surface area contributed by atoms with Crippen LogP contribution < -0.4 is 4.57 Å². The van der Waals surface area contributed by atoms with Crippen molar-refractivity contribution >= 4 is 17.7 Å². The average molecular weight is 327 g/mol. The summed E-state index contributed by atoms with van der Waals surface area (Å²) in [5.41, 5.74) is 3.71. The highest BCUT2D eigenvalue weighted by atomic mass is 32.2. The molecule has 0 bridgehead atoms. The zero-order chi connectivity index (χ0) is 16.4. The van der Waals surface area contributed by atoms with Crippen LogP contribution in [-0.2, 0) is 4.79 Å². The molecule has 0 aliphatic carbocycles. The van der Waals surface area contributed by atoms with E-state index in [1.807, 2.05) is 4.90 Å². The molecule has 2 aromatic rings. The molecule has 4 heteroatoms. The zero-order valence-corrected chi connectivity index (χ0v) is 14.7. The van der Waals surface area contributed by atoms with E-state index in [1.165, 1.54) is 16.7 Å². The first-order chi connectivity index (χ1) is 11.0. The Balaban J connectivity index is 1.90. The fourth-order valence-corrected chi connectivity index (χ4v) is 3.97. The van der Waals surface area contributed by atoms with Gasteiger partial charge in [-0.25, -0.2) is 0 Å². The Hall–Kier alpha value is -1.81. The summed E-state index contributed by atoms with van der Waals surface area (Å²) in [7, 11) is 0. The van der Waals surface area contributed by atoms with Crippen LogP contribution in [-0.4, -0.2) is 23.1 Å². The van der Waals surface area contributed by atoms with Gasteiger partial charge in [0.2, 0.25) is 5.91 Å². The minimum atomic E-state index is 0.0651. The van der Waals surface area contributed by atoms with Crippen LogP contribution in [0.15, 0.2) is 48.8 Å². The molecule has 1 fully saturated rings. The Morgan fingerprint density at radius 3 is 2.65 bits per heavy atom. The maximum Gasteiger partial charge on any atom is 0.285 e. The van der Waals surface area contributed by atoms with Crippen LogP contribution in [0.3, 0.4) is 0 Å². The third kappa shape index (κ3) is 3.58. The Bertz CT molecular complexity index is 697. The van der Waals surface area contributed by atoms with Gasteiger partial charge in [0.15, 0.2) is 12.4 Å². The van der Waals surface area contributed by atoms with Crippen molar-refractivity contribution in [3.05, 3.63) is 54.4 Å². The lowest BCUT2D eigenvalue weighted by molar-refractivity contribution is -0.714. The lowest BCUT2D eigenvalue weighted by Crippen LogP contribution is -2.47. The number of thioether (sulfide) groups is 1. The molecule has 3 nitrogen and oxygen atoms in total. The molecule has 1 atom stereocenters. The second-order valence-electron chi connectivity index (χ2n) is 6.48. The molecule has 23 heavy (non-hydrogen) atoms. The highest BCUT2D eigenvalue weighted by molar-refractivity contribution is 8.00. The van der Waals surface area contributed by atoms with Crippen LogP contribution >= 0.6 is 11.8 Å². The van der Waals surface area contributed by atoms with Crippen molar-refractivity contribution < 1.29 is 9.36 Å². The van der Waals surface area contributed by atoms with Gasteiger partial charge in [-0.3, -0.25) is 9.69 Å². The molecule has 1 aromatic heterocycles. The molecule has 1 aliphatic rings. The largest absolute Gasteiger partial charge is 0.285 e. The summed E-state index contributed by atoms with van der Waals surface area (Å²) in [6.07, 6.45) is 4.20. The summed E-state index contributed by atoms with van der Waals surface area (Å²) in [6, 6.07) is 12.7. The second-order valence-corrected chi connectivity index (χ2v) is 7.53. The fraction of sp³-hybridized carbons (Fsp3) is 0.368. The number of amides is 1. The Kier molecular flexibility index (Phi) is 4.71. The van der Waals surface area contributed by atoms with Gasteiger partial charge in [-0.2, -0.15) is 4.57 Å². The summed E-state index contributed by atoms with van der Waals surface area (Å²) in [4.78, 5) is 14.2. The first-order valence-electron chi connectivity index (χ1n) is 8.03. The topological polar surface area (TPSA) is 24.2 Å². The van der Waals surface area contributed by atoms with Gasteiger partial charge in [0.25, 0.3) is 5.50 Å². The standard InChI is InChI=1S/C19H23N2OS/c1-14(2)11-21-18(22)13-23-19(21)20-10-4-5-17(12-20)16-8-6-15(3)7-9-16/h4-10,12,14,19H,11,13H2,1-3H3/q+1. The molecule has 1 aliphatic heterocycles. The normalized spacial score (nSPS) is 18.0. The van der Waals surface area contributed by atoms with Gasteiger partial charge in [-0.1, -0.05) is 55.4 Å². The molecule has 0 spiro atoms. The van der Waals surface area contributed by atoms with Gasteiger partial charge >= 0.3 is 0 Å². The van der Waals surface area contributed by atoms with Crippen molar-refractivity contribution in [2.24, 2.45) is 5.92 Å². The van der Waals surface area contributed by atoms with Gasteiger partial charge in [-0.05, 0) is 24.5 Å². The summed E-state index contributed by atoms with van der Waals surface area (Å²) in [5.74, 6) is 1.28. The van der Waals surface area contributed by atoms with Crippen molar-refractivity contribution in [3.8, 4) is 11.1 Å². The molecule has 1 amide bonds. The van der Waals surface area contributed by atoms with Crippen molar-refractivity contribution in [1.82, 2.24) is 4.90 Å². The Labute approximate surface area is 142 Å². The zero-order valence-electron chi connectivity index (χ0n) is 13.9. The van der Waals surface area contributed by atoms with Crippen LogP contribution in [0.25, 0.3) is 11.1 Å². The Morgan fingerprint density at radius 2 is 1.96 bits per heavy atom. The molecule has 3 rings (SSSR count). The van der Waals surface area contributed by atoms with E-state index < -0.39 is 0 Å². The number of aromatic nitrogens is 1. The van der Waals surface area contributed by atoms with E-state index in [2.05, 4.69) is 74.1 Å². The van der Waals surface area contributed by atoms with Crippen LogP contribution in [0.5, 0.6) is 0 Å². The second kappa shape index (κ2) is 6.75. The third-order valence-corrected chi connectivity index (χ3v) is 5.18.